The molecule has 4 aromatic rings. The minimum Gasteiger partial charge on any atom is -0.297 e. The van der Waals surface area contributed by atoms with Crippen LogP contribution in [0.25, 0.3) is 21.3 Å². The lowest BCUT2D eigenvalue weighted by Gasteiger charge is -2.01. The van der Waals surface area contributed by atoms with Crippen LogP contribution in [-0.2, 0) is 6.54 Å². The summed E-state index contributed by atoms with van der Waals surface area (Å²) in [4.78, 5) is 23.3. The number of H-pyrrole nitrogens is 1. The molecule has 0 spiro atoms. The van der Waals surface area contributed by atoms with Gasteiger partial charge < -0.3 is 0 Å². The Bertz CT molecular complexity index is 1350. The summed E-state index contributed by atoms with van der Waals surface area (Å²) in [6.07, 6.45) is 1.75. The first-order valence-corrected chi connectivity index (χ1v) is 11.6. The van der Waals surface area contributed by atoms with Gasteiger partial charge in [-0.3, -0.25) is 19.8 Å². The van der Waals surface area contributed by atoms with Crippen LogP contribution in [0.3, 0.4) is 0 Å². The number of aromatic nitrogens is 5. The second kappa shape index (κ2) is 8.83. The second-order valence-corrected chi connectivity index (χ2v) is 9.40. The first-order chi connectivity index (χ1) is 14.9. The van der Waals surface area contributed by atoms with E-state index in [0.29, 0.717) is 37.9 Å². The molecule has 2 N–H and O–H groups in total. The molecule has 3 aromatic heterocycles. The van der Waals surface area contributed by atoms with Crippen LogP contribution in [-0.4, -0.2) is 30.6 Å². The number of hydrogen-bond acceptors (Lipinski definition) is 7. The molecular formula is C20H17ClN6OS3. The highest BCUT2D eigenvalue weighted by Crippen LogP contribution is 2.33. The number of anilines is 1. The number of amides is 1. The average molecular weight is 489 g/mol. The Hall–Kier alpha value is -2.66. The van der Waals surface area contributed by atoms with E-state index in [-0.39, 0.29) is 5.91 Å². The maximum absolute atomic E-state index is 12.9. The van der Waals surface area contributed by atoms with Crippen LogP contribution in [0.15, 0.2) is 36.9 Å². The van der Waals surface area contributed by atoms with E-state index in [9.17, 15) is 4.79 Å². The third kappa shape index (κ3) is 4.38. The number of thiazole rings is 2. The topological polar surface area (TPSA) is 88.5 Å². The molecule has 0 unspecified atom stereocenters. The zero-order valence-corrected chi connectivity index (χ0v) is 19.8. The van der Waals surface area contributed by atoms with E-state index in [1.807, 2.05) is 36.6 Å². The average Bonchev–Trinajstić information content (AvgIpc) is 3.40. The van der Waals surface area contributed by atoms with Gasteiger partial charge in [-0.15, -0.1) is 17.9 Å². The zero-order chi connectivity index (χ0) is 22.1. The minimum atomic E-state index is -0.256. The Morgan fingerprint density at radius 2 is 2.13 bits per heavy atom. The Kier molecular flexibility index (Phi) is 6.15. The van der Waals surface area contributed by atoms with Gasteiger partial charge in [-0.2, -0.15) is 5.10 Å². The first-order valence-electron chi connectivity index (χ1n) is 9.16. The SMILES string of the molecule is C=CCn1c(-c2sc(NC(=O)c3sc(-c4cccc(Cl)c4)nc3C)nc2C)n[nH]c1=S. The molecule has 3 heterocycles. The molecule has 0 aliphatic rings. The molecule has 1 aromatic carbocycles. The van der Waals surface area contributed by atoms with Gasteiger partial charge in [0.1, 0.15) is 9.88 Å². The summed E-state index contributed by atoms with van der Waals surface area (Å²) in [6.45, 7) is 7.96. The molecule has 4 rings (SSSR count). The molecule has 0 saturated carbocycles. The molecule has 0 aliphatic carbocycles. The summed E-state index contributed by atoms with van der Waals surface area (Å²) in [5, 5.41) is 11.8. The van der Waals surface area contributed by atoms with Crippen molar-refractivity contribution in [2.75, 3.05) is 5.32 Å². The lowest BCUT2D eigenvalue weighted by Crippen LogP contribution is -2.11. The molecule has 1 amide bonds. The highest BCUT2D eigenvalue weighted by molar-refractivity contribution is 7.71. The first kappa shape index (κ1) is 21.6. The smallest absolute Gasteiger partial charge is 0.269 e. The van der Waals surface area contributed by atoms with E-state index in [4.69, 9.17) is 23.8 Å². The Morgan fingerprint density at radius 3 is 2.87 bits per heavy atom. The number of rotatable bonds is 6. The van der Waals surface area contributed by atoms with Gasteiger partial charge in [0.05, 0.1) is 16.3 Å². The van der Waals surface area contributed by atoms with Crippen molar-refractivity contribution in [3.8, 4) is 21.3 Å². The number of hydrogen-bond donors (Lipinski definition) is 2. The normalized spacial score (nSPS) is 10.9. The number of aromatic amines is 1. The molecule has 7 nitrogen and oxygen atoms in total. The predicted octanol–water partition coefficient (Wildman–Crippen LogP) is 5.90. The summed E-state index contributed by atoms with van der Waals surface area (Å²) < 4.78 is 2.33. The highest BCUT2D eigenvalue weighted by atomic mass is 35.5. The third-order valence-corrected chi connectivity index (χ3v) is 7.19. The number of allylic oxidation sites excluding steroid dienone is 1. The fourth-order valence-corrected chi connectivity index (χ4v) is 5.27. The van der Waals surface area contributed by atoms with Crippen LogP contribution in [0.2, 0.25) is 5.02 Å². The molecule has 0 bridgehead atoms. The Morgan fingerprint density at radius 1 is 1.32 bits per heavy atom. The molecule has 0 aliphatic heterocycles. The number of carbonyl (C=O) groups is 1. The second-order valence-electron chi connectivity index (χ2n) is 6.58. The van der Waals surface area contributed by atoms with Crippen LogP contribution < -0.4 is 5.32 Å². The number of halogens is 1. The van der Waals surface area contributed by atoms with Crippen LogP contribution >= 0.6 is 46.5 Å². The summed E-state index contributed by atoms with van der Waals surface area (Å²) in [6, 6.07) is 7.40. The standard InChI is InChI=1S/C20H17ClN6OS3/c1-4-8-27-16(25-26-20(27)29)14-10(2)23-19(31-14)24-17(28)15-11(3)22-18(30-15)12-6-5-7-13(21)9-12/h4-7,9H,1,8H2,2-3H3,(H,26,29)(H,23,24,28). The number of nitrogens with zero attached hydrogens (tertiary/aromatic N) is 4. The van der Waals surface area contributed by atoms with Gasteiger partial charge in [-0.25, -0.2) is 9.97 Å². The van der Waals surface area contributed by atoms with Crippen molar-refractivity contribution in [1.82, 2.24) is 24.7 Å². The highest BCUT2D eigenvalue weighted by Gasteiger charge is 2.20. The summed E-state index contributed by atoms with van der Waals surface area (Å²) in [5.41, 5.74) is 2.27. The van der Waals surface area contributed by atoms with E-state index >= 15 is 0 Å². The van der Waals surface area contributed by atoms with Crippen LogP contribution in [0, 0.1) is 18.6 Å². The Balaban J connectivity index is 1.60. The van der Waals surface area contributed by atoms with E-state index < -0.39 is 0 Å². The molecule has 0 atom stereocenters. The van der Waals surface area contributed by atoms with Crippen molar-refractivity contribution in [3.63, 3.8) is 0 Å². The fraction of sp³-hybridized carbons (Fsp3) is 0.150. The van der Waals surface area contributed by atoms with Gasteiger partial charge in [-0.05, 0) is 38.2 Å². The van der Waals surface area contributed by atoms with Crippen LogP contribution in [0.1, 0.15) is 21.1 Å². The van der Waals surface area contributed by atoms with Crippen molar-refractivity contribution in [1.29, 1.82) is 0 Å². The molecule has 0 fully saturated rings. The number of nitrogens with one attached hydrogen (secondary N) is 2. The molecule has 0 saturated heterocycles. The van der Waals surface area contributed by atoms with E-state index in [1.165, 1.54) is 22.7 Å². The minimum absolute atomic E-state index is 0.256. The van der Waals surface area contributed by atoms with E-state index in [2.05, 4.69) is 32.1 Å². The predicted molar refractivity (Wildman–Crippen MR) is 129 cm³/mol. The van der Waals surface area contributed by atoms with Gasteiger partial charge in [0.2, 0.25) is 0 Å². The van der Waals surface area contributed by atoms with Gasteiger partial charge in [0, 0.05) is 17.1 Å². The monoisotopic (exact) mass is 488 g/mol. The maximum Gasteiger partial charge on any atom is 0.269 e. The van der Waals surface area contributed by atoms with Crippen molar-refractivity contribution < 1.29 is 4.79 Å². The number of aryl methyl sites for hydroxylation is 2. The fourth-order valence-electron chi connectivity index (χ4n) is 2.95. The quantitative estimate of drug-likeness (QED) is 0.260. The number of carbonyl (C=O) groups excluding carboxylic acids is 1. The zero-order valence-electron chi connectivity index (χ0n) is 16.6. The molecule has 31 heavy (non-hydrogen) atoms. The third-order valence-electron chi connectivity index (χ3n) is 4.36. The molecule has 158 valence electrons. The van der Waals surface area contributed by atoms with E-state index in [0.717, 1.165) is 21.1 Å². The molecule has 0 radical (unpaired) electrons. The summed E-state index contributed by atoms with van der Waals surface area (Å²) in [5.74, 6) is 0.408. The van der Waals surface area contributed by atoms with Gasteiger partial charge in [0.25, 0.3) is 5.91 Å². The molecule has 11 heteroatoms. The summed E-state index contributed by atoms with van der Waals surface area (Å²) in [7, 11) is 0. The van der Waals surface area contributed by atoms with Gasteiger partial charge in [0.15, 0.2) is 15.7 Å². The van der Waals surface area contributed by atoms with Crippen molar-refractivity contribution in [2.45, 2.75) is 20.4 Å². The molecular weight excluding hydrogens is 472 g/mol. The largest absolute Gasteiger partial charge is 0.297 e. The van der Waals surface area contributed by atoms with Crippen molar-refractivity contribution >= 4 is 57.5 Å². The van der Waals surface area contributed by atoms with Crippen molar-refractivity contribution in [3.05, 3.63) is 63.0 Å². The maximum atomic E-state index is 12.9. The van der Waals surface area contributed by atoms with Gasteiger partial charge in [-0.1, -0.05) is 41.1 Å². The lowest BCUT2D eigenvalue weighted by atomic mass is 10.2. The lowest BCUT2D eigenvalue weighted by molar-refractivity contribution is 0.103. The summed E-state index contributed by atoms with van der Waals surface area (Å²) >= 11 is 14.0. The van der Waals surface area contributed by atoms with Crippen molar-refractivity contribution in [2.24, 2.45) is 0 Å². The number of benzene rings is 1. The van der Waals surface area contributed by atoms with Gasteiger partial charge >= 0.3 is 0 Å². The van der Waals surface area contributed by atoms with Crippen LogP contribution in [0.5, 0.6) is 0 Å². The Labute approximate surface area is 196 Å². The van der Waals surface area contributed by atoms with E-state index in [1.54, 1.807) is 12.1 Å². The van der Waals surface area contributed by atoms with Crippen LogP contribution in [0.4, 0.5) is 5.13 Å².